The van der Waals surface area contributed by atoms with Gasteiger partial charge in [0.25, 0.3) is 5.69 Å². The number of hydrogen-bond acceptors (Lipinski definition) is 4. The van der Waals surface area contributed by atoms with Crippen molar-refractivity contribution < 1.29 is 14.1 Å². The zero-order valence-corrected chi connectivity index (χ0v) is 13.5. The average molecular weight is 333 g/mol. The molecule has 0 unspecified atom stereocenters. The number of carbonyl (C=O) groups excluding carboxylic acids is 1. The fourth-order valence-corrected chi connectivity index (χ4v) is 2.32. The molecule has 0 atom stereocenters. The van der Waals surface area contributed by atoms with Crippen LogP contribution in [0.4, 0.5) is 5.69 Å². The monoisotopic (exact) mass is 333 g/mol. The number of hydrogen-bond donors (Lipinski definition) is 0. The predicted molar refractivity (Wildman–Crippen MR) is 95.3 cm³/mol. The van der Waals surface area contributed by atoms with Gasteiger partial charge in [-0.2, -0.15) is 0 Å². The lowest BCUT2D eigenvalue weighted by molar-refractivity contribution is -0.384. The fraction of sp³-hybridized carbons (Fsp3) is 0.0500. The minimum atomic E-state index is -0.448. The smallest absolute Gasteiger partial charge is 0.269 e. The second-order valence-corrected chi connectivity index (χ2v) is 5.57. The van der Waals surface area contributed by atoms with Crippen LogP contribution in [0.3, 0.4) is 0 Å². The van der Waals surface area contributed by atoms with Crippen LogP contribution >= 0.6 is 0 Å². The third kappa shape index (κ3) is 3.90. The Bertz CT molecular complexity index is 935. The number of benzene rings is 2. The van der Waals surface area contributed by atoms with Crippen molar-refractivity contribution in [2.45, 2.75) is 6.92 Å². The van der Waals surface area contributed by atoms with Gasteiger partial charge in [-0.1, -0.05) is 29.8 Å². The fourth-order valence-electron chi connectivity index (χ4n) is 2.32. The highest BCUT2D eigenvalue weighted by atomic mass is 16.6. The highest BCUT2D eigenvalue weighted by Gasteiger charge is 2.08. The van der Waals surface area contributed by atoms with Gasteiger partial charge in [0.05, 0.1) is 4.92 Å². The second-order valence-electron chi connectivity index (χ2n) is 5.57. The molecule has 1 heterocycles. The van der Waals surface area contributed by atoms with Gasteiger partial charge in [-0.15, -0.1) is 0 Å². The Hall–Kier alpha value is -3.47. The molecule has 0 fully saturated rings. The normalized spacial score (nSPS) is 10.9. The van der Waals surface area contributed by atoms with Gasteiger partial charge in [0, 0.05) is 23.3 Å². The molecule has 0 aliphatic heterocycles. The zero-order chi connectivity index (χ0) is 17.8. The van der Waals surface area contributed by atoms with E-state index in [-0.39, 0.29) is 11.5 Å². The number of aryl methyl sites for hydroxylation is 1. The van der Waals surface area contributed by atoms with E-state index in [0.29, 0.717) is 17.1 Å². The lowest BCUT2D eigenvalue weighted by Gasteiger charge is -1.97. The van der Waals surface area contributed by atoms with E-state index < -0.39 is 4.92 Å². The molecule has 3 rings (SSSR count). The van der Waals surface area contributed by atoms with E-state index in [0.717, 1.165) is 11.1 Å². The van der Waals surface area contributed by atoms with Crippen LogP contribution in [0.2, 0.25) is 0 Å². The molecular weight excluding hydrogens is 318 g/mol. The van der Waals surface area contributed by atoms with Crippen LogP contribution in [0.15, 0.2) is 71.2 Å². The summed E-state index contributed by atoms with van der Waals surface area (Å²) in [5, 5.41) is 10.7. The first kappa shape index (κ1) is 16.4. The number of nitro groups is 1. The Morgan fingerprint density at radius 2 is 1.68 bits per heavy atom. The van der Waals surface area contributed by atoms with Crippen LogP contribution in [0.25, 0.3) is 17.4 Å². The van der Waals surface area contributed by atoms with Crippen molar-refractivity contribution in [2.75, 3.05) is 0 Å². The first-order chi connectivity index (χ1) is 12.0. The van der Waals surface area contributed by atoms with Gasteiger partial charge in [0.2, 0.25) is 0 Å². The molecule has 5 heteroatoms. The molecular formula is C20H15NO4. The SMILES string of the molecule is Cc1ccc(C(=O)C=Cc2ccc(-c3ccc([N+](=O)[O-])cc3)o2)cc1. The summed E-state index contributed by atoms with van der Waals surface area (Å²) < 4.78 is 5.67. The van der Waals surface area contributed by atoms with E-state index in [1.54, 1.807) is 42.5 Å². The molecule has 25 heavy (non-hydrogen) atoms. The van der Waals surface area contributed by atoms with E-state index >= 15 is 0 Å². The van der Waals surface area contributed by atoms with Gasteiger partial charge in [-0.05, 0) is 43.3 Å². The Balaban J connectivity index is 1.73. The number of carbonyl (C=O) groups is 1. The third-order valence-corrected chi connectivity index (χ3v) is 3.72. The van der Waals surface area contributed by atoms with Crippen molar-refractivity contribution in [3.63, 3.8) is 0 Å². The third-order valence-electron chi connectivity index (χ3n) is 3.72. The van der Waals surface area contributed by atoms with Crippen molar-refractivity contribution >= 4 is 17.5 Å². The lowest BCUT2D eigenvalue weighted by Crippen LogP contribution is -1.93. The van der Waals surface area contributed by atoms with Crippen LogP contribution in [0.1, 0.15) is 21.7 Å². The molecule has 0 saturated carbocycles. The highest BCUT2D eigenvalue weighted by Crippen LogP contribution is 2.25. The van der Waals surface area contributed by atoms with Crippen LogP contribution in [0, 0.1) is 17.0 Å². The Kier molecular flexibility index (Phi) is 4.57. The summed E-state index contributed by atoms with van der Waals surface area (Å²) in [6.45, 7) is 1.96. The summed E-state index contributed by atoms with van der Waals surface area (Å²) in [5.41, 5.74) is 2.47. The van der Waals surface area contributed by atoms with Gasteiger partial charge in [-0.25, -0.2) is 0 Å². The number of nitro benzene ring substituents is 1. The van der Waals surface area contributed by atoms with E-state index in [2.05, 4.69) is 0 Å². The largest absolute Gasteiger partial charge is 0.457 e. The predicted octanol–water partition coefficient (Wildman–Crippen LogP) is 5.06. The van der Waals surface area contributed by atoms with Crippen LogP contribution in [-0.2, 0) is 0 Å². The summed E-state index contributed by atoms with van der Waals surface area (Å²) in [5.74, 6) is 1.01. The minimum absolute atomic E-state index is 0.0270. The van der Waals surface area contributed by atoms with Crippen molar-refractivity contribution in [2.24, 2.45) is 0 Å². The maximum atomic E-state index is 12.1. The number of ketones is 1. The maximum Gasteiger partial charge on any atom is 0.269 e. The summed E-state index contributed by atoms with van der Waals surface area (Å²) in [7, 11) is 0. The summed E-state index contributed by atoms with van der Waals surface area (Å²) in [4.78, 5) is 22.3. The first-order valence-corrected chi connectivity index (χ1v) is 7.67. The van der Waals surface area contributed by atoms with Crippen molar-refractivity contribution in [1.82, 2.24) is 0 Å². The van der Waals surface area contributed by atoms with Gasteiger partial charge in [0.15, 0.2) is 5.78 Å². The topological polar surface area (TPSA) is 73.3 Å². The molecule has 3 aromatic rings. The van der Waals surface area contributed by atoms with E-state index in [1.807, 2.05) is 19.1 Å². The van der Waals surface area contributed by atoms with Gasteiger partial charge in [0.1, 0.15) is 11.5 Å². The number of furan rings is 1. The minimum Gasteiger partial charge on any atom is -0.457 e. The maximum absolute atomic E-state index is 12.1. The van der Waals surface area contributed by atoms with Crippen LogP contribution in [-0.4, -0.2) is 10.7 Å². The molecule has 0 aliphatic carbocycles. The zero-order valence-electron chi connectivity index (χ0n) is 13.5. The number of nitrogens with zero attached hydrogens (tertiary/aromatic N) is 1. The molecule has 0 N–H and O–H groups in total. The van der Waals surface area contributed by atoms with Crippen LogP contribution in [0.5, 0.6) is 0 Å². The molecule has 0 amide bonds. The molecule has 2 aromatic carbocycles. The molecule has 0 aliphatic rings. The van der Waals surface area contributed by atoms with Gasteiger partial charge < -0.3 is 4.42 Å². The van der Waals surface area contributed by atoms with Crippen molar-refractivity contribution in [3.8, 4) is 11.3 Å². The van der Waals surface area contributed by atoms with Crippen molar-refractivity contribution in [1.29, 1.82) is 0 Å². The molecule has 0 saturated heterocycles. The number of rotatable bonds is 5. The summed E-state index contributed by atoms with van der Waals surface area (Å²) in [6.07, 6.45) is 3.07. The van der Waals surface area contributed by atoms with Gasteiger partial charge in [-0.3, -0.25) is 14.9 Å². The Morgan fingerprint density at radius 1 is 1.00 bits per heavy atom. The second kappa shape index (κ2) is 6.97. The summed E-state index contributed by atoms with van der Waals surface area (Å²) in [6, 6.07) is 17.0. The average Bonchev–Trinajstić information content (AvgIpc) is 3.09. The Labute approximate surface area is 144 Å². The first-order valence-electron chi connectivity index (χ1n) is 7.67. The van der Waals surface area contributed by atoms with E-state index in [1.165, 1.54) is 18.2 Å². The Morgan fingerprint density at radius 3 is 2.32 bits per heavy atom. The number of allylic oxidation sites excluding steroid dienone is 1. The molecule has 5 nitrogen and oxygen atoms in total. The van der Waals surface area contributed by atoms with Crippen molar-refractivity contribution in [3.05, 3.63) is 93.7 Å². The molecule has 0 spiro atoms. The molecule has 0 bridgehead atoms. The highest BCUT2D eigenvalue weighted by molar-refractivity contribution is 6.06. The number of non-ortho nitro benzene ring substituents is 1. The van der Waals surface area contributed by atoms with Gasteiger partial charge >= 0.3 is 0 Å². The summed E-state index contributed by atoms with van der Waals surface area (Å²) >= 11 is 0. The van der Waals surface area contributed by atoms with E-state index in [9.17, 15) is 14.9 Å². The standard InChI is InChI=1S/C20H15NO4/c1-14-2-4-15(5-3-14)19(22)12-10-18-11-13-20(25-18)16-6-8-17(9-7-16)21(23)24/h2-13H,1H3. The molecule has 124 valence electrons. The molecule has 1 aromatic heterocycles. The molecule has 0 radical (unpaired) electrons. The lowest BCUT2D eigenvalue weighted by atomic mass is 10.1. The van der Waals surface area contributed by atoms with E-state index in [4.69, 9.17) is 4.42 Å². The van der Waals surface area contributed by atoms with Crippen LogP contribution < -0.4 is 0 Å². The quantitative estimate of drug-likeness (QED) is 0.283.